The molecule has 0 aliphatic heterocycles. The number of unbranched alkanes of at least 4 members (excludes halogenated alkanes) is 1. The van der Waals surface area contributed by atoms with Crippen molar-refractivity contribution in [3.8, 4) is 0 Å². The molecule has 0 rings (SSSR count). The lowest BCUT2D eigenvalue weighted by molar-refractivity contribution is -0.127. The molecule has 0 saturated carbocycles. The third kappa shape index (κ3) is 12.3. The van der Waals surface area contributed by atoms with E-state index in [1.165, 1.54) is 0 Å². The number of hydrogen-bond donors (Lipinski definition) is 4. The average Bonchev–Trinajstić information content (AvgIpc) is 2.54. The number of nitrogens with one attached hydrogen (secondary N) is 3. The molecule has 4 N–H and O–H groups in total. The SMILES string of the molecule is C=CCNC(=S)NNC(=O)[C@H](CCCC)C[C@H](O)COCC(C)C. The first-order valence-corrected chi connectivity index (χ1v) is 9.01. The number of carbonyl (C=O) groups is 1. The highest BCUT2D eigenvalue weighted by atomic mass is 32.1. The molecule has 0 aliphatic rings. The van der Waals surface area contributed by atoms with Gasteiger partial charge in [-0.2, -0.15) is 0 Å². The summed E-state index contributed by atoms with van der Waals surface area (Å²) in [5.74, 6) is -0.0314. The zero-order valence-corrected chi connectivity index (χ0v) is 16.0. The van der Waals surface area contributed by atoms with Crippen LogP contribution in [0.3, 0.4) is 0 Å². The molecule has 0 saturated heterocycles. The second-order valence-corrected chi connectivity index (χ2v) is 6.68. The molecule has 0 fully saturated rings. The van der Waals surface area contributed by atoms with Crippen LogP contribution in [0, 0.1) is 11.8 Å². The van der Waals surface area contributed by atoms with Crippen LogP contribution in [0.4, 0.5) is 0 Å². The lowest BCUT2D eigenvalue weighted by Gasteiger charge is -2.21. The lowest BCUT2D eigenvalue weighted by atomic mass is 9.95. The molecule has 0 aromatic heterocycles. The van der Waals surface area contributed by atoms with Crippen LogP contribution < -0.4 is 16.2 Å². The van der Waals surface area contributed by atoms with Gasteiger partial charge >= 0.3 is 0 Å². The fourth-order valence-electron chi connectivity index (χ4n) is 2.07. The Labute approximate surface area is 151 Å². The number of aliphatic hydroxyl groups is 1. The summed E-state index contributed by atoms with van der Waals surface area (Å²) < 4.78 is 5.45. The van der Waals surface area contributed by atoms with E-state index < -0.39 is 6.10 Å². The maximum Gasteiger partial charge on any atom is 0.241 e. The first-order chi connectivity index (χ1) is 11.4. The average molecular weight is 360 g/mol. The van der Waals surface area contributed by atoms with Crippen molar-refractivity contribution < 1.29 is 14.6 Å². The third-order valence-corrected chi connectivity index (χ3v) is 3.55. The summed E-state index contributed by atoms with van der Waals surface area (Å²) in [6.45, 7) is 11.1. The van der Waals surface area contributed by atoms with Crippen molar-refractivity contribution in [2.24, 2.45) is 11.8 Å². The number of thiocarbonyl (C=S) groups is 1. The van der Waals surface area contributed by atoms with Crippen molar-refractivity contribution in [1.82, 2.24) is 16.2 Å². The van der Waals surface area contributed by atoms with E-state index in [0.29, 0.717) is 30.6 Å². The highest BCUT2D eigenvalue weighted by molar-refractivity contribution is 7.80. The van der Waals surface area contributed by atoms with Gasteiger partial charge in [0.05, 0.1) is 12.7 Å². The molecule has 1 amide bonds. The van der Waals surface area contributed by atoms with E-state index in [1.54, 1.807) is 6.08 Å². The molecule has 24 heavy (non-hydrogen) atoms. The molecule has 0 unspecified atom stereocenters. The Balaban J connectivity index is 4.33. The normalized spacial score (nSPS) is 13.2. The topological polar surface area (TPSA) is 82.6 Å². The molecule has 140 valence electrons. The number of ether oxygens (including phenoxy) is 1. The Bertz CT molecular complexity index is 378. The molecule has 0 radical (unpaired) electrons. The standard InChI is InChI=1S/C17H33N3O3S/c1-5-7-8-14(10-15(21)12-23-11-13(3)4)16(22)19-20-17(24)18-9-6-2/h6,13-15,21H,2,5,7-12H2,1,3-4H3,(H,19,22)(H2,18,20,24)/t14-,15+/m1/s1. The smallest absolute Gasteiger partial charge is 0.241 e. The van der Waals surface area contributed by atoms with Crippen molar-refractivity contribution in [3.05, 3.63) is 12.7 Å². The molecule has 0 aliphatic carbocycles. The summed E-state index contributed by atoms with van der Waals surface area (Å²) in [4.78, 5) is 12.3. The Morgan fingerprint density at radius 3 is 2.62 bits per heavy atom. The van der Waals surface area contributed by atoms with Gasteiger partial charge in [0.2, 0.25) is 5.91 Å². The van der Waals surface area contributed by atoms with Gasteiger partial charge in [0, 0.05) is 19.1 Å². The van der Waals surface area contributed by atoms with Crippen molar-refractivity contribution in [2.45, 2.75) is 52.6 Å². The van der Waals surface area contributed by atoms with Crippen molar-refractivity contribution in [1.29, 1.82) is 0 Å². The summed E-state index contributed by atoms with van der Waals surface area (Å²) in [6, 6.07) is 0. The van der Waals surface area contributed by atoms with Crippen molar-refractivity contribution in [2.75, 3.05) is 19.8 Å². The summed E-state index contributed by atoms with van der Waals surface area (Å²) in [6.07, 6.45) is 4.04. The minimum absolute atomic E-state index is 0.172. The van der Waals surface area contributed by atoms with Gasteiger partial charge < -0.3 is 15.2 Å². The molecule has 0 heterocycles. The van der Waals surface area contributed by atoms with Gasteiger partial charge in [-0.25, -0.2) is 0 Å². The Kier molecular flexibility index (Phi) is 13.5. The monoisotopic (exact) mass is 359 g/mol. The number of aliphatic hydroxyl groups excluding tert-OH is 1. The predicted molar refractivity (Wildman–Crippen MR) is 101 cm³/mol. The minimum atomic E-state index is -0.651. The van der Waals surface area contributed by atoms with E-state index in [-0.39, 0.29) is 18.4 Å². The number of hydrazine groups is 1. The minimum Gasteiger partial charge on any atom is -0.391 e. The highest BCUT2D eigenvalue weighted by Crippen LogP contribution is 2.16. The van der Waals surface area contributed by atoms with Crippen molar-refractivity contribution in [3.63, 3.8) is 0 Å². The van der Waals surface area contributed by atoms with Crippen LogP contribution in [0.5, 0.6) is 0 Å². The highest BCUT2D eigenvalue weighted by Gasteiger charge is 2.22. The molecule has 0 aromatic carbocycles. The molecule has 6 nitrogen and oxygen atoms in total. The number of rotatable bonds is 12. The van der Waals surface area contributed by atoms with E-state index in [2.05, 4.69) is 43.5 Å². The molecular weight excluding hydrogens is 326 g/mol. The van der Waals surface area contributed by atoms with Crippen LogP contribution in [0.25, 0.3) is 0 Å². The van der Waals surface area contributed by atoms with Gasteiger partial charge in [0.25, 0.3) is 0 Å². The van der Waals surface area contributed by atoms with Crippen LogP contribution in [0.15, 0.2) is 12.7 Å². The quantitative estimate of drug-likeness (QED) is 0.242. The van der Waals surface area contributed by atoms with Crippen LogP contribution >= 0.6 is 12.2 Å². The summed E-state index contributed by atoms with van der Waals surface area (Å²) in [5, 5.41) is 13.3. The Morgan fingerprint density at radius 2 is 2.04 bits per heavy atom. The van der Waals surface area contributed by atoms with E-state index in [0.717, 1.165) is 19.3 Å². The molecule has 7 heteroatoms. The molecule has 2 atom stereocenters. The van der Waals surface area contributed by atoms with Crippen LogP contribution in [-0.4, -0.2) is 42.0 Å². The molecule has 0 aromatic rings. The number of carbonyl (C=O) groups excluding carboxylic acids is 1. The van der Waals surface area contributed by atoms with Gasteiger partial charge in [0.15, 0.2) is 5.11 Å². The van der Waals surface area contributed by atoms with E-state index in [1.807, 2.05) is 0 Å². The number of hydrogen-bond acceptors (Lipinski definition) is 4. The second kappa shape index (κ2) is 14.2. The van der Waals surface area contributed by atoms with Crippen LogP contribution in [-0.2, 0) is 9.53 Å². The summed E-state index contributed by atoms with van der Waals surface area (Å²) >= 11 is 5.03. The fourth-order valence-corrected chi connectivity index (χ4v) is 2.21. The fraction of sp³-hybridized carbons (Fsp3) is 0.765. The molecular formula is C17H33N3O3S. The zero-order chi connectivity index (χ0) is 18.4. The first-order valence-electron chi connectivity index (χ1n) is 8.61. The maximum absolute atomic E-state index is 12.3. The molecule has 0 spiro atoms. The van der Waals surface area contributed by atoms with Crippen LogP contribution in [0.2, 0.25) is 0 Å². The molecule has 0 bridgehead atoms. The second-order valence-electron chi connectivity index (χ2n) is 6.27. The predicted octanol–water partition coefficient (Wildman–Crippen LogP) is 1.90. The summed E-state index contributed by atoms with van der Waals surface area (Å²) in [7, 11) is 0. The first kappa shape index (κ1) is 22.8. The largest absolute Gasteiger partial charge is 0.391 e. The van der Waals surface area contributed by atoms with Gasteiger partial charge in [0.1, 0.15) is 0 Å². The van der Waals surface area contributed by atoms with Crippen molar-refractivity contribution >= 4 is 23.2 Å². The van der Waals surface area contributed by atoms with Gasteiger partial charge in [-0.15, -0.1) is 6.58 Å². The van der Waals surface area contributed by atoms with Gasteiger partial charge in [-0.3, -0.25) is 15.6 Å². The van der Waals surface area contributed by atoms with Crippen LogP contribution in [0.1, 0.15) is 46.5 Å². The van der Waals surface area contributed by atoms with E-state index in [9.17, 15) is 9.90 Å². The zero-order valence-electron chi connectivity index (χ0n) is 15.1. The van der Waals surface area contributed by atoms with E-state index in [4.69, 9.17) is 17.0 Å². The third-order valence-electron chi connectivity index (χ3n) is 3.30. The van der Waals surface area contributed by atoms with Gasteiger partial charge in [-0.05, 0) is 31.0 Å². The summed E-state index contributed by atoms with van der Waals surface area (Å²) in [5.41, 5.74) is 5.27. The number of amides is 1. The lowest BCUT2D eigenvalue weighted by Crippen LogP contribution is -2.49. The maximum atomic E-state index is 12.3. The Morgan fingerprint density at radius 1 is 1.33 bits per heavy atom. The van der Waals surface area contributed by atoms with Gasteiger partial charge in [-0.1, -0.05) is 39.7 Å². The van der Waals surface area contributed by atoms with E-state index >= 15 is 0 Å². The Hall–Kier alpha value is -1.18.